The summed E-state index contributed by atoms with van der Waals surface area (Å²) in [6.07, 6.45) is 9.74. The van der Waals surface area contributed by atoms with Crippen molar-refractivity contribution in [2.75, 3.05) is 20.7 Å². The number of hydrogen-bond acceptors (Lipinski definition) is 4. The number of rotatable bonds is 9. The Morgan fingerprint density at radius 3 is 2.76 bits per heavy atom. The average molecular weight is 513 g/mol. The zero-order chi connectivity index (χ0) is 19.6. The molecule has 1 fully saturated rings. The van der Waals surface area contributed by atoms with Gasteiger partial charge in [0.2, 0.25) is 0 Å². The minimum Gasteiger partial charge on any atom is -0.493 e. The number of para-hydroxylation sites is 1. The Balaban J connectivity index is 0.00000300. The molecular weight excluding hydrogens is 481 g/mol. The van der Waals surface area contributed by atoms with Crippen LogP contribution in [0.5, 0.6) is 11.5 Å². The SMILES string of the molecule is CN=C(NCCCn1cccn1)NCc1cccc(OC)c1OC1CCCC1.I. The van der Waals surface area contributed by atoms with Gasteiger partial charge < -0.3 is 20.1 Å². The van der Waals surface area contributed by atoms with E-state index in [0.717, 1.165) is 55.4 Å². The number of aliphatic imine (C=N–C) groups is 1. The number of benzene rings is 1. The molecule has 0 spiro atoms. The van der Waals surface area contributed by atoms with Crippen molar-refractivity contribution in [1.82, 2.24) is 20.4 Å². The van der Waals surface area contributed by atoms with Crippen LogP contribution in [0, 0.1) is 0 Å². The molecule has 7 nitrogen and oxygen atoms in total. The molecule has 1 aromatic carbocycles. The molecule has 160 valence electrons. The van der Waals surface area contributed by atoms with Crippen molar-refractivity contribution in [3.8, 4) is 11.5 Å². The van der Waals surface area contributed by atoms with Crippen LogP contribution in [0.3, 0.4) is 0 Å². The summed E-state index contributed by atoms with van der Waals surface area (Å²) >= 11 is 0. The maximum absolute atomic E-state index is 6.30. The van der Waals surface area contributed by atoms with Gasteiger partial charge in [0, 0.05) is 44.6 Å². The Hall–Kier alpha value is -1.97. The fourth-order valence-electron chi connectivity index (χ4n) is 3.45. The lowest BCUT2D eigenvalue weighted by Gasteiger charge is -2.20. The zero-order valence-electron chi connectivity index (χ0n) is 17.3. The summed E-state index contributed by atoms with van der Waals surface area (Å²) < 4.78 is 13.8. The van der Waals surface area contributed by atoms with Gasteiger partial charge in [-0.05, 0) is 44.2 Å². The lowest BCUT2D eigenvalue weighted by atomic mass is 10.1. The van der Waals surface area contributed by atoms with Crippen molar-refractivity contribution >= 4 is 29.9 Å². The molecule has 29 heavy (non-hydrogen) atoms. The summed E-state index contributed by atoms with van der Waals surface area (Å²) in [6.45, 7) is 2.33. The minimum absolute atomic E-state index is 0. The van der Waals surface area contributed by atoms with Crippen molar-refractivity contribution < 1.29 is 9.47 Å². The molecule has 1 aliphatic carbocycles. The highest BCUT2D eigenvalue weighted by Crippen LogP contribution is 2.34. The molecule has 0 saturated heterocycles. The smallest absolute Gasteiger partial charge is 0.191 e. The minimum atomic E-state index is 0. The first kappa shape index (κ1) is 23.3. The van der Waals surface area contributed by atoms with E-state index in [9.17, 15) is 0 Å². The standard InChI is InChI=1S/C21H31N5O2.HI/c1-22-21(23-12-6-14-26-15-7-13-25-26)24-16-17-8-5-11-19(27-2)20(17)28-18-9-3-4-10-18;/h5,7-8,11,13,15,18H,3-4,6,9-10,12,14,16H2,1-2H3,(H2,22,23,24);1H. The number of nitrogens with zero attached hydrogens (tertiary/aromatic N) is 3. The molecule has 0 amide bonds. The van der Waals surface area contributed by atoms with Gasteiger partial charge in [-0.15, -0.1) is 24.0 Å². The number of aryl methyl sites for hydroxylation is 1. The fraction of sp³-hybridized carbons (Fsp3) is 0.524. The number of hydrogen-bond donors (Lipinski definition) is 2. The number of nitrogens with one attached hydrogen (secondary N) is 2. The van der Waals surface area contributed by atoms with E-state index < -0.39 is 0 Å². The fourth-order valence-corrected chi connectivity index (χ4v) is 3.45. The molecule has 1 aromatic heterocycles. The molecule has 0 unspecified atom stereocenters. The van der Waals surface area contributed by atoms with Crippen LogP contribution in [0.25, 0.3) is 0 Å². The number of aromatic nitrogens is 2. The third kappa shape index (κ3) is 7.09. The molecule has 2 N–H and O–H groups in total. The van der Waals surface area contributed by atoms with E-state index in [1.54, 1.807) is 20.4 Å². The number of ether oxygens (including phenoxy) is 2. The predicted molar refractivity (Wildman–Crippen MR) is 126 cm³/mol. The second-order valence-corrected chi connectivity index (χ2v) is 6.95. The highest BCUT2D eigenvalue weighted by molar-refractivity contribution is 14.0. The molecule has 0 aliphatic heterocycles. The van der Waals surface area contributed by atoms with Crippen LogP contribution in [0.1, 0.15) is 37.7 Å². The van der Waals surface area contributed by atoms with Gasteiger partial charge in [0.15, 0.2) is 17.5 Å². The molecule has 0 bridgehead atoms. The Kier molecular flexibility index (Phi) is 10.1. The third-order valence-corrected chi connectivity index (χ3v) is 4.95. The van der Waals surface area contributed by atoms with Gasteiger partial charge in [-0.1, -0.05) is 12.1 Å². The summed E-state index contributed by atoms with van der Waals surface area (Å²) in [5, 5.41) is 10.9. The van der Waals surface area contributed by atoms with Crippen LogP contribution in [0.15, 0.2) is 41.7 Å². The first-order valence-electron chi connectivity index (χ1n) is 10.0. The quantitative estimate of drug-likeness (QED) is 0.232. The van der Waals surface area contributed by atoms with Crippen LogP contribution in [0.2, 0.25) is 0 Å². The first-order chi connectivity index (χ1) is 13.8. The Morgan fingerprint density at radius 1 is 1.24 bits per heavy atom. The summed E-state index contributed by atoms with van der Waals surface area (Å²) in [7, 11) is 3.47. The Morgan fingerprint density at radius 2 is 2.07 bits per heavy atom. The van der Waals surface area contributed by atoms with Crippen LogP contribution in [-0.4, -0.2) is 42.5 Å². The van der Waals surface area contributed by atoms with Crippen molar-refractivity contribution in [2.24, 2.45) is 4.99 Å². The van der Waals surface area contributed by atoms with Gasteiger partial charge in [-0.25, -0.2) is 0 Å². The van der Waals surface area contributed by atoms with Crippen LogP contribution < -0.4 is 20.1 Å². The maximum atomic E-state index is 6.30. The van der Waals surface area contributed by atoms with E-state index in [-0.39, 0.29) is 30.1 Å². The van der Waals surface area contributed by atoms with Crippen molar-refractivity contribution in [1.29, 1.82) is 0 Å². The van der Waals surface area contributed by atoms with E-state index in [1.807, 2.05) is 29.1 Å². The summed E-state index contributed by atoms with van der Waals surface area (Å²) in [6, 6.07) is 7.96. The van der Waals surface area contributed by atoms with Gasteiger partial charge in [0.1, 0.15) is 0 Å². The number of guanidine groups is 1. The molecule has 1 saturated carbocycles. The molecular formula is C21H32IN5O2. The van der Waals surface area contributed by atoms with E-state index in [1.165, 1.54) is 12.8 Å². The summed E-state index contributed by atoms with van der Waals surface area (Å²) in [5.41, 5.74) is 1.07. The molecule has 2 aromatic rings. The normalized spacial score (nSPS) is 14.3. The van der Waals surface area contributed by atoms with Gasteiger partial charge in [-0.3, -0.25) is 9.67 Å². The second-order valence-electron chi connectivity index (χ2n) is 6.95. The van der Waals surface area contributed by atoms with Crippen LogP contribution in [0.4, 0.5) is 0 Å². The van der Waals surface area contributed by atoms with Gasteiger partial charge in [0.05, 0.1) is 13.2 Å². The Bertz CT molecular complexity index is 746. The van der Waals surface area contributed by atoms with E-state index in [4.69, 9.17) is 9.47 Å². The van der Waals surface area contributed by atoms with Gasteiger partial charge in [-0.2, -0.15) is 5.10 Å². The van der Waals surface area contributed by atoms with Crippen molar-refractivity contribution in [3.05, 3.63) is 42.2 Å². The lowest BCUT2D eigenvalue weighted by Crippen LogP contribution is -2.37. The van der Waals surface area contributed by atoms with E-state index in [2.05, 4.69) is 26.8 Å². The summed E-state index contributed by atoms with van der Waals surface area (Å²) in [4.78, 5) is 4.31. The van der Waals surface area contributed by atoms with Gasteiger partial charge >= 0.3 is 0 Å². The first-order valence-corrected chi connectivity index (χ1v) is 10.0. The second kappa shape index (κ2) is 12.6. The molecule has 0 radical (unpaired) electrons. The maximum Gasteiger partial charge on any atom is 0.191 e. The summed E-state index contributed by atoms with van der Waals surface area (Å²) in [5.74, 6) is 2.40. The number of methoxy groups -OCH3 is 1. The molecule has 1 aliphatic rings. The van der Waals surface area contributed by atoms with Crippen LogP contribution in [-0.2, 0) is 13.1 Å². The molecule has 8 heteroatoms. The third-order valence-electron chi connectivity index (χ3n) is 4.95. The largest absolute Gasteiger partial charge is 0.493 e. The molecule has 1 heterocycles. The molecule has 3 rings (SSSR count). The van der Waals surface area contributed by atoms with E-state index in [0.29, 0.717) is 6.54 Å². The highest BCUT2D eigenvalue weighted by Gasteiger charge is 2.20. The highest BCUT2D eigenvalue weighted by atomic mass is 127. The van der Waals surface area contributed by atoms with Gasteiger partial charge in [0.25, 0.3) is 0 Å². The Labute approximate surface area is 190 Å². The lowest BCUT2D eigenvalue weighted by molar-refractivity contribution is 0.198. The van der Waals surface area contributed by atoms with Crippen LogP contribution >= 0.6 is 24.0 Å². The monoisotopic (exact) mass is 513 g/mol. The number of halogens is 1. The molecule has 0 atom stereocenters. The van der Waals surface area contributed by atoms with Crippen molar-refractivity contribution in [3.63, 3.8) is 0 Å². The zero-order valence-corrected chi connectivity index (χ0v) is 19.6. The topological polar surface area (TPSA) is 72.7 Å². The van der Waals surface area contributed by atoms with E-state index >= 15 is 0 Å². The van der Waals surface area contributed by atoms with Crippen molar-refractivity contribution in [2.45, 2.75) is 51.3 Å². The predicted octanol–water partition coefficient (Wildman–Crippen LogP) is 3.59. The average Bonchev–Trinajstić information content (AvgIpc) is 3.42.